The van der Waals surface area contributed by atoms with Crippen LogP contribution >= 0.6 is 0 Å². The highest BCUT2D eigenvalue weighted by Crippen LogP contribution is 2.23. The molecule has 0 aliphatic carbocycles. The van der Waals surface area contributed by atoms with E-state index in [0.717, 1.165) is 0 Å². The lowest BCUT2D eigenvalue weighted by atomic mass is 10.2. The Bertz CT molecular complexity index is 431. The molecular formula is C11H9F2NO3. The molecule has 4 nitrogen and oxygen atoms in total. The number of benzene rings is 1. The van der Waals surface area contributed by atoms with E-state index in [1.54, 1.807) is 12.1 Å². The van der Waals surface area contributed by atoms with Gasteiger partial charge < -0.3 is 14.8 Å². The fraction of sp³-hybridized carbons (Fsp3) is 0.182. The molecule has 0 spiro atoms. The minimum absolute atomic E-state index is 0.0744. The van der Waals surface area contributed by atoms with Gasteiger partial charge in [-0.3, -0.25) is 4.79 Å². The van der Waals surface area contributed by atoms with Crippen molar-refractivity contribution in [3.8, 4) is 5.75 Å². The summed E-state index contributed by atoms with van der Waals surface area (Å²) >= 11 is 0. The second-order valence-electron chi connectivity index (χ2n) is 3.30. The SMILES string of the molecule is O=CC1=COC(c2ccc(OC(F)F)cc2)N1. The predicted octanol–water partition coefficient (Wildman–Crippen LogP) is 1.95. The average molecular weight is 241 g/mol. The molecule has 0 saturated heterocycles. The lowest BCUT2D eigenvalue weighted by Gasteiger charge is -2.12. The fourth-order valence-electron chi connectivity index (χ4n) is 1.41. The van der Waals surface area contributed by atoms with Crippen molar-refractivity contribution in [2.75, 3.05) is 0 Å². The summed E-state index contributed by atoms with van der Waals surface area (Å²) in [5, 5.41) is 2.80. The van der Waals surface area contributed by atoms with Crippen LogP contribution < -0.4 is 10.1 Å². The molecule has 1 aromatic rings. The molecule has 6 heteroatoms. The van der Waals surface area contributed by atoms with Gasteiger partial charge >= 0.3 is 6.61 Å². The van der Waals surface area contributed by atoms with Crippen LogP contribution in [-0.4, -0.2) is 12.9 Å². The number of carbonyl (C=O) groups is 1. The van der Waals surface area contributed by atoms with Gasteiger partial charge in [-0.05, 0) is 24.3 Å². The molecule has 0 bridgehead atoms. The summed E-state index contributed by atoms with van der Waals surface area (Å²) in [6.45, 7) is -2.84. The molecule has 0 fully saturated rings. The molecular weight excluding hydrogens is 232 g/mol. The number of allylic oxidation sites excluding steroid dienone is 1. The number of nitrogens with one attached hydrogen (secondary N) is 1. The number of hydrogen-bond donors (Lipinski definition) is 1. The van der Waals surface area contributed by atoms with Crippen molar-refractivity contribution in [2.24, 2.45) is 0 Å². The Morgan fingerprint density at radius 3 is 2.59 bits per heavy atom. The van der Waals surface area contributed by atoms with E-state index in [2.05, 4.69) is 10.1 Å². The first-order valence-corrected chi connectivity index (χ1v) is 4.81. The molecule has 2 rings (SSSR count). The van der Waals surface area contributed by atoms with Crippen LogP contribution in [0.1, 0.15) is 11.8 Å². The number of halogens is 2. The molecule has 0 amide bonds. The van der Waals surface area contributed by atoms with Gasteiger partial charge in [0.1, 0.15) is 17.7 Å². The summed E-state index contributed by atoms with van der Waals surface area (Å²) in [5.74, 6) is 0.0744. The van der Waals surface area contributed by atoms with Gasteiger partial charge in [0.05, 0.1) is 0 Å². The Balaban J connectivity index is 2.02. The van der Waals surface area contributed by atoms with E-state index in [-0.39, 0.29) is 5.75 Å². The highest BCUT2D eigenvalue weighted by molar-refractivity contribution is 5.72. The zero-order valence-electron chi connectivity index (χ0n) is 8.60. The van der Waals surface area contributed by atoms with Gasteiger partial charge in [0, 0.05) is 5.56 Å². The van der Waals surface area contributed by atoms with Crippen molar-refractivity contribution in [1.29, 1.82) is 0 Å². The van der Waals surface area contributed by atoms with Crippen LogP contribution in [0, 0.1) is 0 Å². The molecule has 0 aromatic heterocycles. The van der Waals surface area contributed by atoms with E-state index in [0.29, 0.717) is 17.5 Å². The molecule has 1 unspecified atom stereocenters. The monoisotopic (exact) mass is 241 g/mol. The maximum Gasteiger partial charge on any atom is 0.387 e. The molecule has 1 atom stereocenters. The van der Waals surface area contributed by atoms with Crippen LogP contribution in [-0.2, 0) is 9.53 Å². The fourth-order valence-corrected chi connectivity index (χ4v) is 1.41. The summed E-state index contributed by atoms with van der Waals surface area (Å²) in [7, 11) is 0. The van der Waals surface area contributed by atoms with E-state index in [1.165, 1.54) is 18.4 Å². The molecule has 90 valence electrons. The van der Waals surface area contributed by atoms with Crippen molar-refractivity contribution in [1.82, 2.24) is 5.32 Å². The summed E-state index contributed by atoms with van der Waals surface area (Å²) < 4.78 is 33.2. The number of alkyl halides is 2. The van der Waals surface area contributed by atoms with Gasteiger partial charge in [0.2, 0.25) is 0 Å². The largest absolute Gasteiger partial charge is 0.472 e. The third-order valence-corrected chi connectivity index (χ3v) is 2.16. The molecule has 1 aliphatic rings. The van der Waals surface area contributed by atoms with Crippen LogP contribution in [0.25, 0.3) is 0 Å². The van der Waals surface area contributed by atoms with Crippen molar-refractivity contribution in [3.63, 3.8) is 0 Å². The number of aldehydes is 1. The quantitative estimate of drug-likeness (QED) is 0.818. The zero-order valence-corrected chi connectivity index (χ0v) is 8.60. The highest BCUT2D eigenvalue weighted by atomic mass is 19.3. The number of rotatable bonds is 4. The molecule has 0 radical (unpaired) electrons. The normalized spacial score (nSPS) is 18.3. The number of ether oxygens (including phenoxy) is 2. The number of hydrogen-bond acceptors (Lipinski definition) is 4. The molecule has 0 saturated carbocycles. The van der Waals surface area contributed by atoms with Gasteiger partial charge in [-0.15, -0.1) is 0 Å². The lowest BCUT2D eigenvalue weighted by molar-refractivity contribution is -0.105. The smallest absolute Gasteiger partial charge is 0.387 e. The summed E-state index contributed by atoms with van der Waals surface area (Å²) in [6, 6.07) is 5.98. The van der Waals surface area contributed by atoms with Gasteiger partial charge in [0.25, 0.3) is 0 Å². The maximum atomic E-state index is 11.9. The van der Waals surface area contributed by atoms with Crippen molar-refractivity contribution >= 4 is 6.29 Å². The van der Waals surface area contributed by atoms with Crippen LogP contribution in [0.4, 0.5) is 8.78 Å². The van der Waals surface area contributed by atoms with Crippen LogP contribution in [0.15, 0.2) is 36.2 Å². The first kappa shape index (κ1) is 11.4. The minimum Gasteiger partial charge on any atom is -0.472 e. The van der Waals surface area contributed by atoms with E-state index in [9.17, 15) is 13.6 Å². The highest BCUT2D eigenvalue weighted by Gasteiger charge is 2.18. The third kappa shape index (κ3) is 2.72. The third-order valence-electron chi connectivity index (χ3n) is 2.16. The van der Waals surface area contributed by atoms with Gasteiger partial charge in [-0.25, -0.2) is 0 Å². The van der Waals surface area contributed by atoms with Gasteiger partial charge in [0.15, 0.2) is 12.5 Å². The lowest BCUT2D eigenvalue weighted by Crippen LogP contribution is -2.16. The average Bonchev–Trinajstić information content (AvgIpc) is 2.78. The van der Waals surface area contributed by atoms with Crippen molar-refractivity contribution in [3.05, 3.63) is 41.8 Å². The Labute approximate surface area is 95.8 Å². The maximum absolute atomic E-state index is 11.9. The van der Waals surface area contributed by atoms with E-state index < -0.39 is 12.8 Å². The summed E-state index contributed by atoms with van der Waals surface area (Å²) in [5.41, 5.74) is 1.04. The van der Waals surface area contributed by atoms with Crippen LogP contribution in [0.5, 0.6) is 5.75 Å². The molecule has 17 heavy (non-hydrogen) atoms. The Kier molecular flexibility index (Phi) is 3.22. The van der Waals surface area contributed by atoms with E-state index in [1.807, 2.05) is 0 Å². The standard InChI is InChI=1S/C11H9F2NO3/c12-11(13)17-9-3-1-7(2-4-9)10-14-8(5-15)6-16-10/h1-6,10-11,14H. The number of carbonyl (C=O) groups excluding carboxylic acids is 1. The van der Waals surface area contributed by atoms with Crippen molar-refractivity contribution in [2.45, 2.75) is 12.8 Å². The molecule has 1 heterocycles. The van der Waals surface area contributed by atoms with E-state index in [4.69, 9.17) is 4.74 Å². The zero-order chi connectivity index (χ0) is 12.3. The second kappa shape index (κ2) is 4.82. The Hall–Kier alpha value is -2.11. The van der Waals surface area contributed by atoms with Crippen LogP contribution in [0.3, 0.4) is 0 Å². The topological polar surface area (TPSA) is 47.6 Å². The molecule has 1 aromatic carbocycles. The molecule has 1 N–H and O–H groups in total. The Morgan fingerprint density at radius 2 is 2.06 bits per heavy atom. The Morgan fingerprint density at radius 1 is 1.35 bits per heavy atom. The first-order valence-electron chi connectivity index (χ1n) is 4.81. The van der Waals surface area contributed by atoms with E-state index >= 15 is 0 Å². The predicted molar refractivity (Wildman–Crippen MR) is 54.2 cm³/mol. The summed E-state index contributed by atoms with van der Waals surface area (Å²) in [4.78, 5) is 10.4. The summed E-state index contributed by atoms with van der Waals surface area (Å²) in [6.07, 6.45) is 1.46. The van der Waals surface area contributed by atoms with Crippen LogP contribution in [0.2, 0.25) is 0 Å². The first-order chi connectivity index (χ1) is 8.19. The molecule has 1 aliphatic heterocycles. The minimum atomic E-state index is -2.84. The van der Waals surface area contributed by atoms with Gasteiger partial charge in [-0.1, -0.05) is 0 Å². The van der Waals surface area contributed by atoms with Crippen molar-refractivity contribution < 1.29 is 23.0 Å². The van der Waals surface area contributed by atoms with Gasteiger partial charge in [-0.2, -0.15) is 8.78 Å². The second-order valence-corrected chi connectivity index (χ2v) is 3.30.